The van der Waals surface area contributed by atoms with Crippen molar-refractivity contribution in [2.45, 2.75) is 26.8 Å². The minimum Gasteiger partial charge on any atom is -0.320 e. The fourth-order valence-electron chi connectivity index (χ4n) is 1.82. The average molecular weight is 369 g/mol. The lowest BCUT2D eigenvalue weighted by Gasteiger charge is -2.08. The van der Waals surface area contributed by atoms with Crippen molar-refractivity contribution < 1.29 is 4.79 Å². The fourth-order valence-corrected chi connectivity index (χ4v) is 2.34. The van der Waals surface area contributed by atoms with Crippen molar-refractivity contribution in [3.8, 4) is 0 Å². The Hall–Kier alpha value is -1.37. The molecule has 5 heteroatoms. The van der Waals surface area contributed by atoms with Crippen LogP contribution in [0.5, 0.6) is 0 Å². The Labute approximate surface area is 126 Å². The summed E-state index contributed by atoms with van der Waals surface area (Å²) in [6, 6.07) is 9.57. The Morgan fingerprint density at radius 2 is 2.11 bits per heavy atom. The van der Waals surface area contributed by atoms with Gasteiger partial charge in [-0.2, -0.15) is 5.10 Å². The summed E-state index contributed by atoms with van der Waals surface area (Å²) in [7, 11) is 0. The van der Waals surface area contributed by atoms with E-state index in [-0.39, 0.29) is 5.91 Å². The van der Waals surface area contributed by atoms with Gasteiger partial charge in [-0.05, 0) is 54.1 Å². The fraction of sp³-hybridized carbons (Fsp3) is 0.286. The van der Waals surface area contributed by atoms with Crippen molar-refractivity contribution in [3.63, 3.8) is 0 Å². The number of para-hydroxylation sites is 1. The first kappa shape index (κ1) is 14.0. The van der Waals surface area contributed by atoms with Crippen molar-refractivity contribution in [1.29, 1.82) is 0 Å². The van der Waals surface area contributed by atoms with Crippen molar-refractivity contribution in [2.75, 3.05) is 5.32 Å². The number of rotatable bonds is 4. The summed E-state index contributed by atoms with van der Waals surface area (Å²) in [6.45, 7) is 4.70. The molecule has 1 N–H and O–H groups in total. The molecular weight excluding hydrogens is 353 g/mol. The van der Waals surface area contributed by atoms with Crippen LogP contribution in [0, 0.1) is 3.57 Å². The van der Waals surface area contributed by atoms with Crippen LogP contribution >= 0.6 is 22.6 Å². The van der Waals surface area contributed by atoms with Crippen LogP contribution in [0.15, 0.2) is 30.3 Å². The molecule has 0 bridgehead atoms. The number of aryl methyl sites for hydroxylation is 2. The SMILES string of the molecule is CCc1cc(C(=O)Nc2ccccc2I)n(CC)n1. The third-order valence-corrected chi connectivity index (χ3v) is 3.79. The standard InChI is InChI=1S/C14H16IN3O/c1-3-10-9-13(18(4-2)17-10)14(19)16-12-8-6-5-7-11(12)15/h5-9H,3-4H2,1-2H3,(H,16,19). The van der Waals surface area contributed by atoms with E-state index in [1.165, 1.54) is 0 Å². The minimum absolute atomic E-state index is 0.113. The summed E-state index contributed by atoms with van der Waals surface area (Å²) in [6.07, 6.45) is 0.830. The predicted octanol–water partition coefficient (Wildman–Crippen LogP) is 3.32. The van der Waals surface area contributed by atoms with E-state index in [1.54, 1.807) is 4.68 Å². The largest absolute Gasteiger partial charge is 0.320 e. The van der Waals surface area contributed by atoms with Gasteiger partial charge in [0.2, 0.25) is 0 Å². The average Bonchev–Trinajstić information content (AvgIpc) is 2.84. The van der Waals surface area contributed by atoms with E-state index >= 15 is 0 Å². The van der Waals surface area contributed by atoms with Crippen LogP contribution in [0.1, 0.15) is 30.0 Å². The number of nitrogens with zero attached hydrogens (tertiary/aromatic N) is 2. The molecule has 4 nitrogen and oxygen atoms in total. The van der Waals surface area contributed by atoms with Gasteiger partial charge in [-0.25, -0.2) is 0 Å². The second-order valence-electron chi connectivity index (χ2n) is 4.12. The van der Waals surface area contributed by atoms with Gasteiger partial charge in [0, 0.05) is 10.1 Å². The van der Waals surface area contributed by atoms with Gasteiger partial charge in [-0.3, -0.25) is 9.48 Å². The molecular formula is C14H16IN3O. The van der Waals surface area contributed by atoms with Crippen molar-refractivity contribution in [2.24, 2.45) is 0 Å². The summed E-state index contributed by atoms with van der Waals surface area (Å²) in [5.74, 6) is -0.113. The second-order valence-corrected chi connectivity index (χ2v) is 5.29. The highest BCUT2D eigenvalue weighted by Crippen LogP contribution is 2.18. The van der Waals surface area contributed by atoms with E-state index < -0.39 is 0 Å². The molecule has 0 radical (unpaired) electrons. The molecule has 100 valence electrons. The van der Waals surface area contributed by atoms with Crippen LogP contribution in [-0.2, 0) is 13.0 Å². The van der Waals surface area contributed by atoms with Crippen LogP contribution in [0.25, 0.3) is 0 Å². The van der Waals surface area contributed by atoms with E-state index in [2.05, 4.69) is 33.0 Å². The van der Waals surface area contributed by atoms with Crippen molar-refractivity contribution in [3.05, 3.63) is 45.3 Å². The summed E-state index contributed by atoms with van der Waals surface area (Å²) in [5, 5.41) is 7.32. The van der Waals surface area contributed by atoms with Gasteiger partial charge in [0.05, 0.1) is 11.4 Å². The molecule has 2 rings (SSSR count). The van der Waals surface area contributed by atoms with Crippen LogP contribution in [0.4, 0.5) is 5.69 Å². The van der Waals surface area contributed by atoms with E-state index in [0.29, 0.717) is 12.2 Å². The highest BCUT2D eigenvalue weighted by molar-refractivity contribution is 14.1. The molecule has 0 aliphatic heterocycles. The normalized spacial score (nSPS) is 10.5. The number of benzene rings is 1. The quantitative estimate of drug-likeness (QED) is 0.841. The number of hydrogen-bond acceptors (Lipinski definition) is 2. The molecule has 0 unspecified atom stereocenters. The number of carbonyl (C=O) groups excluding carboxylic acids is 1. The lowest BCUT2D eigenvalue weighted by molar-refractivity contribution is 0.101. The molecule has 0 aliphatic carbocycles. The third-order valence-electron chi connectivity index (χ3n) is 2.85. The van der Waals surface area contributed by atoms with Crippen molar-refractivity contribution >= 4 is 34.2 Å². The molecule has 19 heavy (non-hydrogen) atoms. The molecule has 2 aromatic rings. The molecule has 0 fully saturated rings. The van der Waals surface area contributed by atoms with Gasteiger partial charge in [0.25, 0.3) is 5.91 Å². The lowest BCUT2D eigenvalue weighted by atomic mass is 10.2. The zero-order chi connectivity index (χ0) is 13.8. The summed E-state index contributed by atoms with van der Waals surface area (Å²) in [5.41, 5.74) is 2.38. The van der Waals surface area contributed by atoms with E-state index in [4.69, 9.17) is 0 Å². The van der Waals surface area contributed by atoms with E-state index in [9.17, 15) is 4.79 Å². The smallest absolute Gasteiger partial charge is 0.273 e. The second kappa shape index (κ2) is 6.18. The molecule has 1 aromatic heterocycles. The number of anilines is 1. The summed E-state index contributed by atoms with van der Waals surface area (Å²) >= 11 is 2.21. The van der Waals surface area contributed by atoms with Crippen molar-refractivity contribution in [1.82, 2.24) is 9.78 Å². The molecule has 1 amide bonds. The minimum atomic E-state index is -0.113. The Morgan fingerprint density at radius 3 is 2.74 bits per heavy atom. The first-order valence-electron chi connectivity index (χ1n) is 6.28. The zero-order valence-electron chi connectivity index (χ0n) is 11.0. The molecule has 0 atom stereocenters. The maximum atomic E-state index is 12.3. The van der Waals surface area contributed by atoms with E-state index in [0.717, 1.165) is 21.4 Å². The molecule has 0 saturated heterocycles. The number of nitrogens with one attached hydrogen (secondary N) is 1. The van der Waals surface area contributed by atoms with Crippen LogP contribution in [0.2, 0.25) is 0 Å². The van der Waals surface area contributed by atoms with Gasteiger partial charge in [0.15, 0.2) is 0 Å². The zero-order valence-corrected chi connectivity index (χ0v) is 13.1. The molecule has 1 heterocycles. The summed E-state index contributed by atoms with van der Waals surface area (Å²) < 4.78 is 2.76. The number of halogens is 1. The van der Waals surface area contributed by atoms with Gasteiger partial charge >= 0.3 is 0 Å². The Bertz CT molecular complexity index is 592. The molecule has 0 saturated carbocycles. The first-order chi connectivity index (χ1) is 9.15. The molecule has 1 aromatic carbocycles. The predicted molar refractivity (Wildman–Crippen MR) is 84.4 cm³/mol. The van der Waals surface area contributed by atoms with Crippen LogP contribution in [-0.4, -0.2) is 15.7 Å². The highest BCUT2D eigenvalue weighted by Gasteiger charge is 2.14. The number of hydrogen-bond donors (Lipinski definition) is 1. The number of carbonyl (C=O) groups is 1. The maximum Gasteiger partial charge on any atom is 0.273 e. The molecule has 0 spiro atoms. The maximum absolute atomic E-state index is 12.3. The topological polar surface area (TPSA) is 46.9 Å². The first-order valence-corrected chi connectivity index (χ1v) is 7.36. The highest BCUT2D eigenvalue weighted by atomic mass is 127. The monoisotopic (exact) mass is 369 g/mol. The van der Waals surface area contributed by atoms with Gasteiger partial charge in [-0.1, -0.05) is 19.1 Å². The Kier molecular flexibility index (Phi) is 4.57. The number of aromatic nitrogens is 2. The Balaban J connectivity index is 2.25. The Morgan fingerprint density at radius 1 is 1.37 bits per heavy atom. The summed E-state index contributed by atoms with van der Waals surface area (Å²) in [4.78, 5) is 12.3. The van der Waals surface area contributed by atoms with Crippen LogP contribution < -0.4 is 5.32 Å². The third kappa shape index (κ3) is 3.15. The van der Waals surface area contributed by atoms with E-state index in [1.807, 2.05) is 44.2 Å². The molecule has 0 aliphatic rings. The van der Waals surface area contributed by atoms with Gasteiger partial charge < -0.3 is 5.32 Å². The van der Waals surface area contributed by atoms with Gasteiger partial charge in [-0.15, -0.1) is 0 Å². The number of amides is 1. The van der Waals surface area contributed by atoms with Gasteiger partial charge in [0.1, 0.15) is 5.69 Å². The lowest BCUT2D eigenvalue weighted by Crippen LogP contribution is -2.17. The van der Waals surface area contributed by atoms with Crippen LogP contribution in [0.3, 0.4) is 0 Å².